The van der Waals surface area contributed by atoms with Crippen LogP contribution < -0.4 is 5.32 Å². The zero-order chi connectivity index (χ0) is 13.3. The van der Waals surface area contributed by atoms with E-state index in [1.165, 1.54) is 12.8 Å². The lowest BCUT2D eigenvalue weighted by Gasteiger charge is -2.22. The van der Waals surface area contributed by atoms with Gasteiger partial charge in [-0.25, -0.2) is 8.42 Å². The van der Waals surface area contributed by atoms with Crippen LogP contribution in [0.1, 0.15) is 59.8 Å². The van der Waals surface area contributed by atoms with Crippen LogP contribution in [0.4, 0.5) is 0 Å². The molecule has 104 valence electrons. The van der Waals surface area contributed by atoms with Crippen molar-refractivity contribution < 1.29 is 8.42 Å². The number of sulfone groups is 1. The maximum Gasteiger partial charge on any atom is 0.151 e. The third-order valence-electron chi connectivity index (χ3n) is 3.01. The van der Waals surface area contributed by atoms with Gasteiger partial charge in [0.05, 0.1) is 5.75 Å². The van der Waals surface area contributed by atoms with Gasteiger partial charge in [0, 0.05) is 17.8 Å². The standard InChI is InChI=1S/C13H29NO2S/c1-5-8-10-13(9-6-2)14-12(4)11-17(15,16)7-3/h12-14H,5-11H2,1-4H3. The fourth-order valence-electron chi connectivity index (χ4n) is 2.06. The van der Waals surface area contributed by atoms with Gasteiger partial charge in [-0.05, 0) is 19.8 Å². The van der Waals surface area contributed by atoms with E-state index in [0.717, 1.165) is 19.3 Å². The maximum absolute atomic E-state index is 11.5. The highest BCUT2D eigenvalue weighted by Gasteiger charge is 2.16. The molecule has 0 saturated heterocycles. The first-order chi connectivity index (χ1) is 7.95. The molecule has 0 bridgehead atoms. The second kappa shape index (κ2) is 8.92. The molecule has 0 fully saturated rings. The van der Waals surface area contributed by atoms with Crippen molar-refractivity contribution in [1.29, 1.82) is 0 Å². The van der Waals surface area contributed by atoms with Gasteiger partial charge in [-0.15, -0.1) is 0 Å². The van der Waals surface area contributed by atoms with E-state index in [1.54, 1.807) is 6.92 Å². The quantitative estimate of drug-likeness (QED) is 0.659. The number of hydrogen-bond acceptors (Lipinski definition) is 3. The van der Waals surface area contributed by atoms with E-state index >= 15 is 0 Å². The molecule has 0 aliphatic carbocycles. The lowest BCUT2D eigenvalue weighted by molar-refractivity contribution is 0.403. The van der Waals surface area contributed by atoms with Gasteiger partial charge in [-0.2, -0.15) is 0 Å². The second-order valence-corrected chi connectivity index (χ2v) is 7.29. The first-order valence-electron chi connectivity index (χ1n) is 6.91. The van der Waals surface area contributed by atoms with Crippen molar-refractivity contribution in [1.82, 2.24) is 5.32 Å². The average Bonchev–Trinajstić information content (AvgIpc) is 2.25. The lowest BCUT2D eigenvalue weighted by atomic mass is 10.0. The van der Waals surface area contributed by atoms with Crippen LogP contribution in [0.3, 0.4) is 0 Å². The van der Waals surface area contributed by atoms with Crippen molar-refractivity contribution in [2.24, 2.45) is 0 Å². The average molecular weight is 263 g/mol. The first-order valence-corrected chi connectivity index (χ1v) is 8.73. The van der Waals surface area contributed by atoms with Crippen LogP contribution in [-0.4, -0.2) is 32.0 Å². The highest BCUT2D eigenvalue weighted by molar-refractivity contribution is 7.91. The highest BCUT2D eigenvalue weighted by Crippen LogP contribution is 2.08. The summed E-state index contributed by atoms with van der Waals surface area (Å²) in [6, 6.07) is 0.537. The van der Waals surface area contributed by atoms with Gasteiger partial charge in [-0.1, -0.05) is 40.0 Å². The van der Waals surface area contributed by atoms with Gasteiger partial charge in [0.25, 0.3) is 0 Å². The molecule has 0 amide bonds. The Bertz CT molecular complexity index is 275. The number of nitrogens with one attached hydrogen (secondary N) is 1. The zero-order valence-electron chi connectivity index (χ0n) is 11.8. The molecule has 0 heterocycles. The normalized spacial score (nSPS) is 15.8. The molecule has 0 radical (unpaired) electrons. The van der Waals surface area contributed by atoms with Gasteiger partial charge in [0.15, 0.2) is 9.84 Å². The summed E-state index contributed by atoms with van der Waals surface area (Å²) in [5.74, 6) is 0.502. The Morgan fingerprint density at radius 1 is 1.06 bits per heavy atom. The molecule has 0 aromatic heterocycles. The van der Waals surface area contributed by atoms with Crippen molar-refractivity contribution >= 4 is 9.84 Å². The van der Waals surface area contributed by atoms with Gasteiger partial charge in [-0.3, -0.25) is 0 Å². The minimum absolute atomic E-state index is 0.0633. The van der Waals surface area contributed by atoms with Crippen molar-refractivity contribution in [3.8, 4) is 0 Å². The van der Waals surface area contributed by atoms with Crippen LogP contribution in [-0.2, 0) is 9.84 Å². The Labute approximate surface area is 107 Å². The van der Waals surface area contributed by atoms with Crippen LogP contribution >= 0.6 is 0 Å². The van der Waals surface area contributed by atoms with E-state index in [-0.39, 0.29) is 17.5 Å². The van der Waals surface area contributed by atoms with Crippen LogP contribution in [0, 0.1) is 0 Å². The monoisotopic (exact) mass is 263 g/mol. The molecule has 2 unspecified atom stereocenters. The van der Waals surface area contributed by atoms with Crippen LogP contribution in [0.15, 0.2) is 0 Å². The van der Waals surface area contributed by atoms with Crippen LogP contribution in [0.25, 0.3) is 0 Å². The highest BCUT2D eigenvalue weighted by atomic mass is 32.2. The summed E-state index contributed by atoms with van der Waals surface area (Å²) in [5.41, 5.74) is 0. The Kier molecular flexibility index (Phi) is 8.88. The van der Waals surface area contributed by atoms with Crippen LogP contribution in [0.2, 0.25) is 0 Å². The molecular weight excluding hydrogens is 234 g/mol. The number of hydrogen-bond donors (Lipinski definition) is 1. The summed E-state index contributed by atoms with van der Waals surface area (Å²) >= 11 is 0. The summed E-state index contributed by atoms with van der Waals surface area (Å²) in [7, 11) is -2.86. The van der Waals surface area contributed by atoms with E-state index in [0.29, 0.717) is 6.04 Å². The third kappa shape index (κ3) is 8.61. The molecule has 2 atom stereocenters. The van der Waals surface area contributed by atoms with E-state index in [4.69, 9.17) is 0 Å². The molecule has 0 aromatic rings. The molecule has 0 aromatic carbocycles. The van der Waals surface area contributed by atoms with Gasteiger partial charge in [0.1, 0.15) is 0 Å². The summed E-state index contributed by atoms with van der Waals surface area (Å²) in [6.07, 6.45) is 5.85. The van der Waals surface area contributed by atoms with Crippen molar-refractivity contribution in [2.75, 3.05) is 11.5 Å². The molecule has 0 rings (SSSR count). The summed E-state index contributed by atoms with van der Waals surface area (Å²) < 4.78 is 23.0. The zero-order valence-corrected chi connectivity index (χ0v) is 12.6. The fraction of sp³-hybridized carbons (Fsp3) is 1.00. The SMILES string of the molecule is CCCCC(CCC)NC(C)CS(=O)(=O)CC. The number of rotatable bonds is 10. The molecule has 17 heavy (non-hydrogen) atoms. The van der Waals surface area contributed by atoms with Gasteiger partial charge < -0.3 is 5.32 Å². The largest absolute Gasteiger partial charge is 0.310 e. The summed E-state index contributed by atoms with van der Waals surface area (Å²) in [6.45, 7) is 8.05. The summed E-state index contributed by atoms with van der Waals surface area (Å²) in [4.78, 5) is 0. The van der Waals surface area contributed by atoms with Gasteiger partial charge in [0.2, 0.25) is 0 Å². The van der Waals surface area contributed by atoms with E-state index in [9.17, 15) is 8.42 Å². The maximum atomic E-state index is 11.5. The topological polar surface area (TPSA) is 46.2 Å². The minimum Gasteiger partial charge on any atom is -0.310 e. The van der Waals surface area contributed by atoms with Crippen molar-refractivity contribution in [2.45, 2.75) is 71.9 Å². The predicted octanol–water partition coefficient (Wildman–Crippen LogP) is 2.76. The van der Waals surface area contributed by atoms with Crippen LogP contribution in [0.5, 0.6) is 0 Å². The molecule has 0 spiro atoms. The molecule has 0 saturated carbocycles. The second-order valence-electron chi connectivity index (χ2n) is 4.89. The molecule has 0 aliphatic rings. The number of unbranched alkanes of at least 4 members (excludes halogenated alkanes) is 1. The molecule has 4 heteroatoms. The minimum atomic E-state index is -2.86. The third-order valence-corrected chi connectivity index (χ3v) is 4.89. The van der Waals surface area contributed by atoms with Gasteiger partial charge >= 0.3 is 0 Å². The Balaban J connectivity index is 4.15. The van der Waals surface area contributed by atoms with E-state index in [2.05, 4.69) is 19.2 Å². The molecular formula is C13H29NO2S. The predicted molar refractivity (Wildman–Crippen MR) is 75.1 cm³/mol. The van der Waals surface area contributed by atoms with Crippen molar-refractivity contribution in [3.05, 3.63) is 0 Å². The van der Waals surface area contributed by atoms with E-state index in [1.807, 2.05) is 6.92 Å². The Hall–Kier alpha value is -0.0900. The van der Waals surface area contributed by atoms with Crippen molar-refractivity contribution in [3.63, 3.8) is 0 Å². The lowest BCUT2D eigenvalue weighted by Crippen LogP contribution is -2.40. The Morgan fingerprint density at radius 2 is 1.71 bits per heavy atom. The fourth-order valence-corrected chi connectivity index (χ4v) is 3.15. The van der Waals surface area contributed by atoms with E-state index < -0.39 is 9.84 Å². The Morgan fingerprint density at radius 3 is 2.18 bits per heavy atom. The molecule has 1 N–H and O–H groups in total. The molecule has 3 nitrogen and oxygen atoms in total. The molecule has 0 aliphatic heterocycles. The first kappa shape index (κ1) is 16.9. The summed E-state index contributed by atoms with van der Waals surface area (Å²) in [5, 5.41) is 3.46. The smallest absolute Gasteiger partial charge is 0.151 e.